The van der Waals surface area contributed by atoms with Gasteiger partial charge in [0.25, 0.3) is 6.23 Å². The Morgan fingerprint density at radius 1 is 1.22 bits per heavy atom. The molecule has 1 aliphatic rings. The Balaban J connectivity index is 1.99. The zero-order chi connectivity index (χ0) is 16.6. The van der Waals surface area contributed by atoms with Crippen LogP contribution in [0.3, 0.4) is 0 Å². The molecule has 1 unspecified atom stereocenters. The average Bonchev–Trinajstić information content (AvgIpc) is 3.11. The SMILES string of the molecule is Nc1nonc1C1=NOC(C=O)N1c1ccc(C(F)(F)F)cc1. The normalized spacial score (nSPS) is 17.8. The van der Waals surface area contributed by atoms with Crippen molar-refractivity contribution in [2.75, 3.05) is 10.6 Å². The van der Waals surface area contributed by atoms with E-state index in [1.165, 1.54) is 17.0 Å². The molecule has 0 amide bonds. The van der Waals surface area contributed by atoms with Gasteiger partial charge in [-0.2, -0.15) is 13.2 Å². The summed E-state index contributed by atoms with van der Waals surface area (Å²) in [6, 6.07) is 4.09. The third kappa shape index (κ3) is 2.56. The summed E-state index contributed by atoms with van der Waals surface area (Å²) in [5, 5.41) is 10.6. The highest BCUT2D eigenvalue weighted by Gasteiger charge is 2.36. The molecule has 0 saturated carbocycles. The molecular weight excluding hydrogens is 319 g/mol. The first-order chi connectivity index (χ1) is 10.9. The van der Waals surface area contributed by atoms with E-state index in [1.54, 1.807) is 0 Å². The lowest BCUT2D eigenvalue weighted by atomic mass is 10.1. The number of hydrogen-bond donors (Lipinski definition) is 1. The summed E-state index contributed by atoms with van der Waals surface area (Å²) in [6.45, 7) is 0. The number of amidine groups is 1. The van der Waals surface area contributed by atoms with Gasteiger partial charge in [0.15, 0.2) is 17.8 Å². The third-order valence-electron chi connectivity index (χ3n) is 3.04. The number of carbonyl (C=O) groups excluding carboxylic acids is 1. The average molecular weight is 327 g/mol. The second-order valence-electron chi connectivity index (χ2n) is 4.46. The molecule has 2 aromatic rings. The Labute approximate surface area is 126 Å². The van der Waals surface area contributed by atoms with Crippen LogP contribution in [-0.4, -0.2) is 28.7 Å². The maximum atomic E-state index is 12.6. The van der Waals surface area contributed by atoms with E-state index in [1.807, 2.05) is 0 Å². The lowest BCUT2D eigenvalue weighted by molar-refractivity contribution is -0.137. The second kappa shape index (κ2) is 5.26. The summed E-state index contributed by atoms with van der Waals surface area (Å²) < 4.78 is 42.3. The maximum absolute atomic E-state index is 12.6. The van der Waals surface area contributed by atoms with Crippen LogP contribution in [-0.2, 0) is 15.8 Å². The van der Waals surface area contributed by atoms with Crippen molar-refractivity contribution in [3.8, 4) is 0 Å². The number of aldehydes is 1. The number of anilines is 2. The summed E-state index contributed by atoms with van der Waals surface area (Å²) in [7, 11) is 0. The number of carbonyl (C=O) groups is 1. The van der Waals surface area contributed by atoms with Crippen LogP contribution in [0, 0.1) is 0 Å². The van der Waals surface area contributed by atoms with Gasteiger partial charge in [0.05, 0.1) is 5.56 Å². The molecule has 2 N–H and O–H groups in total. The third-order valence-corrected chi connectivity index (χ3v) is 3.04. The number of benzene rings is 1. The van der Waals surface area contributed by atoms with Crippen molar-refractivity contribution in [3.63, 3.8) is 0 Å². The molecule has 0 radical (unpaired) electrons. The molecular formula is C12H8F3N5O3. The number of nitrogens with zero attached hydrogens (tertiary/aromatic N) is 4. The minimum atomic E-state index is -4.47. The predicted octanol–water partition coefficient (Wildman–Crippen LogP) is 1.39. The molecule has 23 heavy (non-hydrogen) atoms. The largest absolute Gasteiger partial charge is 0.416 e. The van der Waals surface area contributed by atoms with Crippen molar-refractivity contribution in [3.05, 3.63) is 35.5 Å². The van der Waals surface area contributed by atoms with Crippen molar-refractivity contribution in [2.24, 2.45) is 5.16 Å². The number of hydrogen-bond acceptors (Lipinski definition) is 8. The van der Waals surface area contributed by atoms with Gasteiger partial charge >= 0.3 is 6.18 Å². The van der Waals surface area contributed by atoms with E-state index in [0.29, 0.717) is 6.29 Å². The number of nitrogen functional groups attached to an aromatic ring is 1. The smallest absolute Gasteiger partial charge is 0.379 e. The summed E-state index contributed by atoms with van der Waals surface area (Å²) in [5.74, 6) is -0.101. The fraction of sp³-hybridized carbons (Fsp3) is 0.167. The second-order valence-corrected chi connectivity index (χ2v) is 4.46. The molecule has 11 heteroatoms. The van der Waals surface area contributed by atoms with E-state index in [0.717, 1.165) is 12.1 Å². The molecule has 1 atom stereocenters. The topological polar surface area (TPSA) is 107 Å². The van der Waals surface area contributed by atoms with Crippen molar-refractivity contribution in [2.45, 2.75) is 12.4 Å². The van der Waals surface area contributed by atoms with Gasteiger partial charge in [0.2, 0.25) is 5.84 Å². The quantitative estimate of drug-likeness (QED) is 0.849. The zero-order valence-electron chi connectivity index (χ0n) is 11.2. The number of alkyl halides is 3. The van der Waals surface area contributed by atoms with E-state index in [2.05, 4.69) is 20.1 Å². The molecule has 0 fully saturated rings. The fourth-order valence-corrected chi connectivity index (χ4v) is 1.99. The summed E-state index contributed by atoms with van der Waals surface area (Å²) in [5.41, 5.74) is 4.97. The van der Waals surface area contributed by atoms with Crippen LogP contribution in [0.25, 0.3) is 0 Å². The van der Waals surface area contributed by atoms with Crippen LogP contribution < -0.4 is 10.6 Å². The first-order valence-electron chi connectivity index (χ1n) is 6.16. The van der Waals surface area contributed by atoms with Crippen molar-refractivity contribution >= 4 is 23.6 Å². The van der Waals surface area contributed by atoms with Gasteiger partial charge in [-0.25, -0.2) is 4.63 Å². The molecule has 2 heterocycles. The van der Waals surface area contributed by atoms with Crippen LogP contribution >= 0.6 is 0 Å². The highest BCUT2D eigenvalue weighted by Crippen LogP contribution is 2.32. The molecule has 3 rings (SSSR count). The predicted molar refractivity (Wildman–Crippen MR) is 70.1 cm³/mol. The maximum Gasteiger partial charge on any atom is 0.416 e. The van der Waals surface area contributed by atoms with E-state index >= 15 is 0 Å². The van der Waals surface area contributed by atoms with Crippen LogP contribution in [0.15, 0.2) is 34.1 Å². The van der Waals surface area contributed by atoms with Crippen molar-refractivity contribution in [1.82, 2.24) is 10.3 Å². The Morgan fingerprint density at radius 3 is 2.43 bits per heavy atom. The Kier molecular flexibility index (Phi) is 3.39. The first kappa shape index (κ1) is 14.8. The number of aromatic nitrogens is 2. The molecule has 0 aliphatic carbocycles. The van der Waals surface area contributed by atoms with Crippen LogP contribution in [0.2, 0.25) is 0 Å². The first-order valence-corrected chi connectivity index (χ1v) is 6.16. The molecule has 120 valence electrons. The molecule has 1 aromatic carbocycles. The van der Waals surface area contributed by atoms with E-state index in [-0.39, 0.29) is 23.0 Å². The zero-order valence-corrected chi connectivity index (χ0v) is 11.2. The van der Waals surface area contributed by atoms with E-state index < -0.39 is 18.0 Å². The standard InChI is InChI=1S/C12H8F3N5O3/c13-12(14,15)6-1-3-7(4-2-6)20-8(5-21)22-19-11(20)9-10(16)18-23-17-9/h1-5,8H,(H2,16,18). The van der Waals surface area contributed by atoms with Gasteiger partial charge in [-0.05, 0) is 34.6 Å². The summed E-state index contributed by atoms with van der Waals surface area (Å²) >= 11 is 0. The lowest BCUT2D eigenvalue weighted by Gasteiger charge is -2.21. The van der Waals surface area contributed by atoms with Crippen LogP contribution in [0.5, 0.6) is 0 Å². The minimum absolute atomic E-state index is 0.000564. The highest BCUT2D eigenvalue weighted by atomic mass is 19.4. The molecule has 8 nitrogen and oxygen atoms in total. The Bertz CT molecular complexity index is 756. The molecule has 0 bridgehead atoms. The summed E-state index contributed by atoms with van der Waals surface area (Å²) in [4.78, 5) is 17.2. The Hall–Kier alpha value is -3.11. The van der Waals surface area contributed by atoms with Gasteiger partial charge < -0.3 is 10.6 Å². The van der Waals surface area contributed by atoms with Crippen LogP contribution in [0.4, 0.5) is 24.7 Å². The van der Waals surface area contributed by atoms with E-state index in [4.69, 9.17) is 10.6 Å². The minimum Gasteiger partial charge on any atom is -0.379 e. The summed E-state index contributed by atoms with van der Waals surface area (Å²) in [6.07, 6.45) is -5.21. The highest BCUT2D eigenvalue weighted by molar-refractivity contribution is 6.13. The number of oxime groups is 1. The molecule has 0 saturated heterocycles. The van der Waals surface area contributed by atoms with Gasteiger partial charge in [-0.1, -0.05) is 5.16 Å². The van der Waals surface area contributed by atoms with Crippen LogP contribution in [0.1, 0.15) is 11.3 Å². The Morgan fingerprint density at radius 2 is 1.91 bits per heavy atom. The van der Waals surface area contributed by atoms with Gasteiger partial charge in [-0.15, -0.1) is 0 Å². The van der Waals surface area contributed by atoms with Gasteiger partial charge in [-0.3, -0.25) is 9.69 Å². The lowest BCUT2D eigenvalue weighted by Crippen LogP contribution is -2.38. The monoisotopic (exact) mass is 327 g/mol. The van der Waals surface area contributed by atoms with Crippen molar-refractivity contribution in [1.29, 1.82) is 0 Å². The molecule has 1 aromatic heterocycles. The number of rotatable bonds is 3. The number of halogens is 3. The fourth-order valence-electron chi connectivity index (χ4n) is 1.99. The van der Waals surface area contributed by atoms with E-state index in [9.17, 15) is 18.0 Å². The van der Waals surface area contributed by atoms with Gasteiger partial charge in [0, 0.05) is 5.69 Å². The van der Waals surface area contributed by atoms with Crippen molar-refractivity contribution < 1.29 is 27.4 Å². The van der Waals surface area contributed by atoms with Gasteiger partial charge in [0.1, 0.15) is 0 Å². The molecule has 1 aliphatic heterocycles. The molecule has 0 spiro atoms. The number of nitrogens with two attached hydrogens (primary N) is 1.